The number of ether oxygens (including phenoxy) is 2. The van der Waals surface area contributed by atoms with Gasteiger partial charge in [0.1, 0.15) is 34.6 Å². The average Bonchev–Trinajstić information content (AvgIpc) is 2.99. The maximum atomic E-state index is 13.7. The van der Waals surface area contributed by atoms with Gasteiger partial charge in [0.05, 0.1) is 16.8 Å². The SMILES string of the molecule is O=C(Nc1cc(Oc2ccc(F)cc2)cc(Oc2ccc(F)cc2)c1)c1cc(-c2ccccc2)nc2ccccc12. The smallest absolute Gasteiger partial charge is 0.256 e. The van der Waals surface area contributed by atoms with Gasteiger partial charge < -0.3 is 14.8 Å². The highest BCUT2D eigenvalue weighted by atomic mass is 19.1. The second-order valence-corrected chi connectivity index (χ2v) is 9.20. The highest BCUT2D eigenvalue weighted by Gasteiger charge is 2.16. The molecule has 1 amide bonds. The third-order valence-corrected chi connectivity index (χ3v) is 6.27. The monoisotopic (exact) mass is 544 g/mol. The molecule has 1 N–H and O–H groups in total. The standard InChI is InChI=1S/C34H22F2N2O3/c35-23-10-14-26(15-11-23)40-28-18-25(19-29(20-28)41-27-16-12-24(36)13-17-27)37-34(39)31-21-33(22-6-2-1-3-7-22)38-32-9-5-4-8-30(31)32/h1-21H,(H,37,39). The minimum atomic E-state index is -0.391. The van der Waals surface area contributed by atoms with Crippen molar-refractivity contribution in [3.63, 3.8) is 0 Å². The van der Waals surface area contributed by atoms with Gasteiger partial charge >= 0.3 is 0 Å². The van der Waals surface area contributed by atoms with E-state index in [4.69, 9.17) is 14.5 Å². The molecule has 200 valence electrons. The van der Waals surface area contributed by atoms with Crippen molar-refractivity contribution in [2.24, 2.45) is 0 Å². The second kappa shape index (κ2) is 11.3. The first kappa shape index (κ1) is 25.7. The first-order chi connectivity index (χ1) is 20.0. The molecule has 0 saturated heterocycles. The summed E-state index contributed by atoms with van der Waals surface area (Å²) in [4.78, 5) is 18.5. The molecule has 0 aliphatic carbocycles. The van der Waals surface area contributed by atoms with E-state index in [2.05, 4.69) is 5.32 Å². The van der Waals surface area contributed by atoms with E-state index in [1.165, 1.54) is 48.5 Å². The maximum absolute atomic E-state index is 13.7. The summed E-state index contributed by atoms with van der Waals surface area (Å²) in [5.74, 6) is 0.348. The van der Waals surface area contributed by atoms with Crippen molar-refractivity contribution in [3.05, 3.63) is 145 Å². The third-order valence-electron chi connectivity index (χ3n) is 6.27. The number of hydrogen-bond donors (Lipinski definition) is 1. The van der Waals surface area contributed by atoms with E-state index < -0.39 is 11.6 Å². The lowest BCUT2D eigenvalue weighted by atomic mass is 10.0. The van der Waals surface area contributed by atoms with Crippen LogP contribution in [0.5, 0.6) is 23.0 Å². The topological polar surface area (TPSA) is 60.5 Å². The molecule has 0 saturated carbocycles. The molecule has 0 atom stereocenters. The summed E-state index contributed by atoms with van der Waals surface area (Å²) in [6.07, 6.45) is 0. The number of halogens is 2. The molecule has 0 radical (unpaired) electrons. The Kier molecular flexibility index (Phi) is 7.07. The average molecular weight is 545 g/mol. The van der Waals surface area contributed by atoms with Crippen molar-refractivity contribution >= 4 is 22.5 Å². The molecule has 6 rings (SSSR count). The Labute approximate surface area is 234 Å². The van der Waals surface area contributed by atoms with E-state index in [9.17, 15) is 13.6 Å². The number of carbonyl (C=O) groups is 1. The first-order valence-electron chi connectivity index (χ1n) is 12.8. The number of amides is 1. The van der Waals surface area contributed by atoms with E-state index in [-0.39, 0.29) is 5.91 Å². The van der Waals surface area contributed by atoms with Crippen LogP contribution < -0.4 is 14.8 Å². The number of nitrogens with one attached hydrogen (secondary N) is 1. The molecule has 0 fully saturated rings. The van der Waals surface area contributed by atoms with Crippen molar-refractivity contribution in [1.29, 1.82) is 0 Å². The zero-order valence-corrected chi connectivity index (χ0v) is 21.6. The van der Waals surface area contributed by atoms with Crippen LogP contribution in [0.4, 0.5) is 14.5 Å². The molecule has 1 heterocycles. The summed E-state index contributed by atoms with van der Waals surface area (Å²) in [5, 5.41) is 3.65. The van der Waals surface area contributed by atoms with Crippen LogP contribution in [0.25, 0.3) is 22.2 Å². The lowest BCUT2D eigenvalue weighted by molar-refractivity contribution is 0.102. The van der Waals surface area contributed by atoms with Gasteiger partial charge in [-0.15, -0.1) is 0 Å². The van der Waals surface area contributed by atoms with Gasteiger partial charge in [0.2, 0.25) is 0 Å². The number of fused-ring (bicyclic) bond motifs is 1. The fourth-order valence-corrected chi connectivity index (χ4v) is 4.36. The summed E-state index contributed by atoms with van der Waals surface area (Å²) in [6.45, 7) is 0. The highest BCUT2D eigenvalue weighted by Crippen LogP contribution is 2.33. The summed E-state index contributed by atoms with van der Waals surface area (Å²) in [5.41, 5.74) is 3.09. The van der Waals surface area contributed by atoms with E-state index in [1.54, 1.807) is 24.3 Å². The molecule has 1 aromatic heterocycles. The van der Waals surface area contributed by atoms with E-state index in [1.807, 2.05) is 54.6 Å². The molecule has 5 aromatic carbocycles. The number of rotatable bonds is 7. The third kappa shape index (κ3) is 6.04. The van der Waals surface area contributed by atoms with Crippen LogP contribution in [0, 0.1) is 11.6 Å². The summed E-state index contributed by atoms with van der Waals surface area (Å²) < 4.78 is 38.7. The van der Waals surface area contributed by atoms with Crippen LogP contribution in [0.2, 0.25) is 0 Å². The van der Waals surface area contributed by atoms with Gasteiger partial charge in [-0.05, 0) is 60.7 Å². The molecule has 0 aliphatic heterocycles. The predicted octanol–water partition coefficient (Wildman–Crippen LogP) is 9.02. The largest absolute Gasteiger partial charge is 0.457 e. The zero-order chi connectivity index (χ0) is 28.2. The minimum absolute atomic E-state index is 0.344. The molecule has 5 nitrogen and oxygen atoms in total. The normalized spacial score (nSPS) is 10.8. The summed E-state index contributed by atoms with van der Waals surface area (Å²) in [7, 11) is 0. The molecule has 0 aliphatic rings. The van der Waals surface area contributed by atoms with E-state index in [0.29, 0.717) is 50.8 Å². The summed E-state index contributed by atoms with van der Waals surface area (Å²) >= 11 is 0. The summed E-state index contributed by atoms with van der Waals surface area (Å²) in [6, 6.07) is 34.9. The second-order valence-electron chi connectivity index (χ2n) is 9.20. The molecule has 0 spiro atoms. The van der Waals surface area contributed by atoms with Crippen molar-refractivity contribution in [3.8, 4) is 34.3 Å². The van der Waals surface area contributed by atoms with Crippen LogP contribution in [0.3, 0.4) is 0 Å². The van der Waals surface area contributed by atoms with Crippen molar-refractivity contribution in [2.75, 3.05) is 5.32 Å². The van der Waals surface area contributed by atoms with E-state index >= 15 is 0 Å². The Morgan fingerprint density at radius 3 is 1.78 bits per heavy atom. The van der Waals surface area contributed by atoms with Gasteiger partial charge in [-0.3, -0.25) is 4.79 Å². The Bertz CT molecular complexity index is 1780. The van der Waals surface area contributed by atoms with Gasteiger partial charge in [0.25, 0.3) is 5.91 Å². The van der Waals surface area contributed by atoms with Crippen LogP contribution in [-0.4, -0.2) is 10.9 Å². The van der Waals surface area contributed by atoms with Gasteiger partial charge in [-0.1, -0.05) is 48.5 Å². The number of para-hydroxylation sites is 1. The quantitative estimate of drug-likeness (QED) is 0.218. The molecule has 0 unspecified atom stereocenters. The Hall–Kier alpha value is -5.56. The van der Waals surface area contributed by atoms with Crippen LogP contribution in [0.15, 0.2) is 127 Å². The lowest BCUT2D eigenvalue weighted by Crippen LogP contribution is -2.13. The molecular weight excluding hydrogens is 522 g/mol. The number of hydrogen-bond acceptors (Lipinski definition) is 4. The number of carbonyl (C=O) groups excluding carboxylic acids is 1. The predicted molar refractivity (Wildman–Crippen MR) is 155 cm³/mol. The van der Waals surface area contributed by atoms with Crippen molar-refractivity contribution < 1.29 is 23.0 Å². The van der Waals surface area contributed by atoms with Gasteiger partial charge in [0, 0.05) is 34.8 Å². The van der Waals surface area contributed by atoms with Crippen molar-refractivity contribution in [2.45, 2.75) is 0 Å². The van der Waals surface area contributed by atoms with Gasteiger partial charge in [-0.25, -0.2) is 13.8 Å². The zero-order valence-electron chi connectivity index (χ0n) is 21.6. The molecular formula is C34H22F2N2O3. The van der Waals surface area contributed by atoms with Gasteiger partial charge in [0.15, 0.2) is 0 Å². The van der Waals surface area contributed by atoms with Crippen LogP contribution in [0.1, 0.15) is 10.4 Å². The van der Waals surface area contributed by atoms with Crippen LogP contribution >= 0.6 is 0 Å². The number of benzene rings is 5. The number of nitrogens with zero attached hydrogens (tertiary/aromatic N) is 1. The fourth-order valence-electron chi connectivity index (χ4n) is 4.36. The maximum Gasteiger partial charge on any atom is 0.256 e. The lowest BCUT2D eigenvalue weighted by Gasteiger charge is -2.14. The first-order valence-corrected chi connectivity index (χ1v) is 12.8. The molecule has 41 heavy (non-hydrogen) atoms. The van der Waals surface area contributed by atoms with Crippen LogP contribution in [-0.2, 0) is 0 Å². The number of pyridine rings is 1. The Morgan fingerprint density at radius 2 is 1.17 bits per heavy atom. The van der Waals surface area contributed by atoms with E-state index in [0.717, 1.165) is 5.56 Å². The molecule has 6 aromatic rings. The Balaban J connectivity index is 1.36. The Morgan fingerprint density at radius 1 is 0.610 bits per heavy atom. The number of aromatic nitrogens is 1. The fraction of sp³-hybridized carbons (Fsp3) is 0. The highest BCUT2D eigenvalue weighted by molar-refractivity contribution is 6.13. The minimum Gasteiger partial charge on any atom is -0.457 e. The van der Waals surface area contributed by atoms with Crippen molar-refractivity contribution in [1.82, 2.24) is 4.98 Å². The molecule has 7 heteroatoms. The van der Waals surface area contributed by atoms with Gasteiger partial charge in [-0.2, -0.15) is 0 Å². The molecule has 0 bridgehead atoms. The number of anilines is 1.